The lowest BCUT2D eigenvalue weighted by molar-refractivity contribution is 0.104. The summed E-state index contributed by atoms with van der Waals surface area (Å²) >= 11 is 13.7. The Kier molecular flexibility index (Phi) is 6.32. The number of nitrogens with zero attached hydrogens (tertiary/aromatic N) is 2. The van der Waals surface area contributed by atoms with E-state index in [0.29, 0.717) is 19.7 Å². The number of fused-ring (bicyclic) bond motifs is 2. The second-order valence-electron chi connectivity index (χ2n) is 7.21. The maximum Gasteiger partial charge on any atom is 0.409 e. The highest BCUT2D eigenvalue weighted by molar-refractivity contribution is 9.10. The van der Waals surface area contributed by atoms with Crippen molar-refractivity contribution in [1.29, 1.82) is 0 Å². The molecule has 152 valence electrons. The Hall–Kier alpha value is -1.37. The van der Waals surface area contributed by atoms with Crippen LogP contribution < -0.4 is 0 Å². The smallest absolute Gasteiger partial charge is 0.409 e. The Morgan fingerprint density at radius 1 is 1.21 bits per heavy atom. The number of hydrogen-bond acceptors (Lipinski definition) is 3. The van der Waals surface area contributed by atoms with Crippen molar-refractivity contribution in [1.82, 2.24) is 9.88 Å². The summed E-state index contributed by atoms with van der Waals surface area (Å²) in [5.41, 5.74) is 7.21. The molecule has 1 amide bonds. The number of aryl methyl sites for hydroxylation is 1. The first-order chi connectivity index (χ1) is 14.0. The summed E-state index contributed by atoms with van der Waals surface area (Å²) in [6, 6.07) is 6.22. The van der Waals surface area contributed by atoms with Crippen LogP contribution in [0.1, 0.15) is 42.1 Å². The van der Waals surface area contributed by atoms with Crippen LogP contribution in [0.15, 0.2) is 38.9 Å². The van der Waals surface area contributed by atoms with Crippen molar-refractivity contribution in [2.45, 2.75) is 32.6 Å². The first-order valence-corrected chi connectivity index (χ1v) is 11.7. The second kappa shape index (κ2) is 8.78. The number of rotatable bonds is 1. The number of carbonyl (C=O) groups is 1. The molecule has 1 fully saturated rings. The first kappa shape index (κ1) is 20.9. The lowest BCUT2D eigenvalue weighted by atomic mass is 9.88. The van der Waals surface area contributed by atoms with Crippen LogP contribution >= 0.6 is 43.5 Å². The zero-order chi connectivity index (χ0) is 20.5. The van der Waals surface area contributed by atoms with Gasteiger partial charge in [-0.3, -0.25) is 4.98 Å². The highest BCUT2D eigenvalue weighted by Gasteiger charge is 2.28. The molecule has 7 heteroatoms. The number of amides is 1. The number of hydrogen-bond donors (Lipinski definition) is 0. The minimum atomic E-state index is -0.227. The van der Waals surface area contributed by atoms with E-state index < -0.39 is 0 Å². The fourth-order valence-corrected chi connectivity index (χ4v) is 5.24. The van der Waals surface area contributed by atoms with Gasteiger partial charge in [0.1, 0.15) is 0 Å². The largest absolute Gasteiger partial charge is 0.450 e. The Labute approximate surface area is 192 Å². The molecule has 0 saturated carbocycles. The van der Waals surface area contributed by atoms with Crippen molar-refractivity contribution < 1.29 is 9.53 Å². The number of likely N-dealkylation sites (tertiary alicyclic amines) is 1. The molecule has 2 aliphatic rings. The second-order valence-corrected chi connectivity index (χ2v) is 9.33. The van der Waals surface area contributed by atoms with E-state index in [1.165, 1.54) is 27.8 Å². The minimum absolute atomic E-state index is 0.227. The van der Waals surface area contributed by atoms with Gasteiger partial charge in [-0.25, -0.2) is 4.79 Å². The molecule has 29 heavy (non-hydrogen) atoms. The number of carbonyl (C=O) groups excluding carboxylic acids is 1. The summed E-state index contributed by atoms with van der Waals surface area (Å²) in [5.74, 6) is 0. The average molecular weight is 541 g/mol. The first-order valence-electron chi connectivity index (χ1n) is 9.75. The molecule has 1 aliphatic carbocycles. The van der Waals surface area contributed by atoms with E-state index in [-0.39, 0.29) is 6.09 Å². The summed E-state index contributed by atoms with van der Waals surface area (Å²) in [5, 5.41) is 0.727. The molecule has 0 radical (unpaired) electrons. The van der Waals surface area contributed by atoms with Crippen LogP contribution in [0.4, 0.5) is 4.79 Å². The third-order valence-electron chi connectivity index (χ3n) is 5.53. The summed E-state index contributed by atoms with van der Waals surface area (Å²) in [4.78, 5) is 18.7. The number of pyridine rings is 1. The van der Waals surface area contributed by atoms with Gasteiger partial charge < -0.3 is 9.64 Å². The van der Waals surface area contributed by atoms with Gasteiger partial charge in [0.15, 0.2) is 0 Å². The minimum Gasteiger partial charge on any atom is -0.450 e. The van der Waals surface area contributed by atoms with Crippen molar-refractivity contribution in [3.63, 3.8) is 0 Å². The SMILES string of the molecule is CCOC(=O)N1CCC(=C2c3ccc(Cl)c(Br)c3CCc3cc(Br)cnc32)CC1. The molecule has 0 bridgehead atoms. The average Bonchev–Trinajstić information content (AvgIpc) is 2.88. The van der Waals surface area contributed by atoms with Crippen molar-refractivity contribution in [3.05, 3.63) is 66.3 Å². The molecular formula is C22H21Br2ClN2O2. The van der Waals surface area contributed by atoms with Gasteiger partial charge in [-0.2, -0.15) is 0 Å². The van der Waals surface area contributed by atoms with Crippen LogP contribution in [-0.4, -0.2) is 35.7 Å². The normalized spacial score (nSPS) is 16.2. The highest BCUT2D eigenvalue weighted by Crippen LogP contribution is 2.42. The predicted molar refractivity (Wildman–Crippen MR) is 122 cm³/mol. The molecule has 1 aliphatic heterocycles. The van der Waals surface area contributed by atoms with E-state index in [1.807, 2.05) is 19.2 Å². The molecule has 2 aromatic rings. The van der Waals surface area contributed by atoms with Crippen LogP contribution in [-0.2, 0) is 17.6 Å². The number of halogens is 3. The summed E-state index contributed by atoms with van der Waals surface area (Å²) < 4.78 is 7.12. The van der Waals surface area contributed by atoms with Crippen molar-refractivity contribution in [3.8, 4) is 0 Å². The number of ether oxygens (including phenoxy) is 1. The Morgan fingerprint density at radius 2 is 1.97 bits per heavy atom. The predicted octanol–water partition coefficient (Wildman–Crippen LogP) is 6.41. The third-order valence-corrected chi connectivity index (χ3v) is 7.41. The topological polar surface area (TPSA) is 42.4 Å². The van der Waals surface area contributed by atoms with E-state index in [2.05, 4.69) is 44.0 Å². The van der Waals surface area contributed by atoms with Gasteiger partial charge in [-0.05, 0) is 93.3 Å². The van der Waals surface area contributed by atoms with Crippen LogP contribution in [0.25, 0.3) is 5.57 Å². The molecule has 4 rings (SSSR count). The Balaban J connectivity index is 1.81. The zero-order valence-corrected chi connectivity index (χ0v) is 20.0. The van der Waals surface area contributed by atoms with E-state index >= 15 is 0 Å². The van der Waals surface area contributed by atoms with Gasteiger partial charge in [0.2, 0.25) is 0 Å². The summed E-state index contributed by atoms with van der Waals surface area (Å²) in [7, 11) is 0. The monoisotopic (exact) mass is 538 g/mol. The van der Waals surface area contributed by atoms with E-state index in [1.54, 1.807) is 4.90 Å². The molecule has 1 saturated heterocycles. The quantitative estimate of drug-likeness (QED) is 0.420. The summed E-state index contributed by atoms with van der Waals surface area (Å²) in [6.45, 7) is 3.56. The van der Waals surface area contributed by atoms with Gasteiger partial charge in [-0.1, -0.05) is 23.2 Å². The van der Waals surface area contributed by atoms with Crippen LogP contribution in [0.3, 0.4) is 0 Å². The molecular weight excluding hydrogens is 520 g/mol. The lowest BCUT2D eigenvalue weighted by Crippen LogP contribution is -2.37. The van der Waals surface area contributed by atoms with E-state index in [0.717, 1.165) is 45.3 Å². The van der Waals surface area contributed by atoms with Crippen LogP contribution in [0, 0.1) is 0 Å². The highest BCUT2D eigenvalue weighted by atomic mass is 79.9. The van der Waals surface area contributed by atoms with Crippen molar-refractivity contribution in [2.75, 3.05) is 19.7 Å². The molecule has 1 aromatic heterocycles. The molecule has 1 aromatic carbocycles. The third kappa shape index (κ3) is 4.12. The maximum atomic E-state index is 12.1. The van der Waals surface area contributed by atoms with E-state index in [4.69, 9.17) is 21.3 Å². The number of aromatic nitrogens is 1. The Morgan fingerprint density at radius 3 is 2.69 bits per heavy atom. The lowest BCUT2D eigenvalue weighted by Gasteiger charge is -2.29. The van der Waals surface area contributed by atoms with Crippen molar-refractivity contribution in [2.24, 2.45) is 0 Å². The van der Waals surface area contributed by atoms with Crippen LogP contribution in [0.2, 0.25) is 5.02 Å². The summed E-state index contributed by atoms with van der Waals surface area (Å²) in [6.07, 6.45) is 5.06. The number of piperidine rings is 1. The molecule has 0 atom stereocenters. The fourth-order valence-electron chi connectivity index (χ4n) is 4.14. The van der Waals surface area contributed by atoms with Crippen molar-refractivity contribution >= 4 is 55.1 Å². The van der Waals surface area contributed by atoms with E-state index in [9.17, 15) is 4.79 Å². The molecule has 0 unspecified atom stereocenters. The van der Waals surface area contributed by atoms with Gasteiger partial charge in [0.05, 0.1) is 17.3 Å². The molecule has 2 heterocycles. The van der Waals surface area contributed by atoms with Gasteiger partial charge in [0, 0.05) is 33.8 Å². The van der Waals surface area contributed by atoms with Gasteiger partial charge in [-0.15, -0.1) is 0 Å². The van der Waals surface area contributed by atoms with Gasteiger partial charge >= 0.3 is 6.09 Å². The maximum absolute atomic E-state index is 12.1. The molecule has 4 nitrogen and oxygen atoms in total. The molecule has 0 N–H and O–H groups in total. The fraction of sp³-hybridized carbons (Fsp3) is 0.364. The van der Waals surface area contributed by atoms with Crippen LogP contribution in [0.5, 0.6) is 0 Å². The standard InChI is InChI=1S/C22H21Br2ClN2O2/c1-2-29-22(28)27-9-7-13(8-10-27)19-16-5-6-18(25)20(24)17(16)4-3-14-11-15(23)12-26-21(14)19/h5-6,11-12H,2-4,7-10H2,1H3. The Bertz CT molecular complexity index is 997. The zero-order valence-electron chi connectivity index (χ0n) is 16.1. The molecule has 0 spiro atoms. The number of benzene rings is 1. The van der Waals surface area contributed by atoms with Gasteiger partial charge in [0.25, 0.3) is 0 Å².